The van der Waals surface area contributed by atoms with Crippen molar-refractivity contribution in [1.82, 2.24) is 13.7 Å². The van der Waals surface area contributed by atoms with Crippen molar-refractivity contribution < 1.29 is 0 Å². The molecule has 0 aliphatic heterocycles. The minimum absolute atomic E-state index is 1.20. The van der Waals surface area contributed by atoms with Gasteiger partial charge in [-0.25, -0.2) is 0 Å². The van der Waals surface area contributed by atoms with E-state index < -0.39 is 0 Å². The Bertz CT molecular complexity index is 8900. The highest BCUT2D eigenvalue weighted by molar-refractivity contribution is 7.28. The highest BCUT2D eigenvalue weighted by Gasteiger charge is 2.25. The average molecular weight is 1670 g/mol. The highest BCUT2D eigenvalue weighted by Crippen LogP contribution is 2.52. The fraction of sp³-hybridized carbons (Fsp3) is 0. The van der Waals surface area contributed by atoms with Crippen LogP contribution in [-0.2, 0) is 0 Å². The highest BCUT2D eigenvalue weighted by atomic mass is 32.1. The molecule has 0 radical (unpaired) electrons. The number of hydrogen-bond acceptors (Lipinski definition) is 6. The Morgan fingerprint density at radius 1 is 0.146 bits per heavy atom. The van der Waals surface area contributed by atoms with E-state index in [1.807, 2.05) is 68.0 Å². The first-order chi connectivity index (χ1) is 61.0. The van der Waals surface area contributed by atoms with Crippen LogP contribution in [0.5, 0.6) is 0 Å². The number of aromatic nitrogens is 3. The van der Waals surface area contributed by atoms with Gasteiger partial charge in [-0.15, -0.1) is 68.0 Å². The van der Waals surface area contributed by atoms with Gasteiger partial charge in [-0.05, 0) is 176 Å². The van der Waals surface area contributed by atoms with Crippen LogP contribution in [-0.4, -0.2) is 13.7 Å². The summed E-state index contributed by atoms with van der Waals surface area (Å²) in [5.41, 5.74) is 26.5. The maximum atomic E-state index is 2.44. The molecule has 0 fully saturated rings. The molecule has 0 N–H and O–H groups in total. The molecule has 123 heavy (non-hydrogen) atoms. The summed E-state index contributed by atoms with van der Waals surface area (Å²) in [7, 11) is 0. The fourth-order valence-corrected chi connectivity index (χ4v) is 26.4. The molecular weight excluding hydrogens is 1600 g/mol. The standard InChI is InChI=1S/3C38H23NS2/c1-2-11-25(12-3-1)39-33-19-8-6-16-31(33)38-36(39)32-23-24(21-22-35(32)41-38)26-13-4-5-14-27(26)29-17-10-18-30-28-15-7-9-20-34(28)40-37(29)30;1-2-11-25(12-3-1)39-32-18-8-6-15-29(32)38-37(39)31-22-21-24(23-35(31)41-38)26-13-4-5-14-27(26)28-17-10-20-34-36(28)30-16-7-9-19-33(30)40-34;1-2-10-26(11-3-1)39-33-16-8-6-15-31(33)38-37(39)32-22-24(19-21-35(32)41-38)27-12-4-5-13-28(27)25-18-20-30-29-14-7-9-17-34(29)40-36(30)23-25/h3*1-23H. The summed E-state index contributed by atoms with van der Waals surface area (Å²) in [5, 5.41) is 15.9. The molecular formula is C114H69N3S6. The van der Waals surface area contributed by atoms with Crippen molar-refractivity contribution in [3.63, 3.8) is 0 Å². The van der Waals surface area contributed by atoms with Crippen molar-refractivity contribution in [1.29, 1.82) is 0 Å². The molecule has 0 atom stereocenters. The van der Waals surface area contributed by atoms with Gasteiger partial charge in [0.1, 0.15) is 0 Å². The predicted octanol–water partition coefficient (Wildman–Crippen LogP) is 35.1. The normalized spacial score (nSPS) is 11.9. The van der Waals surface area contributed by atoms with Crippen LogP contribution in [0.3, 0.4) is 0 Å². The molecule has 0 saturated carbocycles. The third kappa shape index (κ3) is 11.8. The van der Waals surface area contributed by atoms with Gasteiger partial charge in [0.05, 0.1) is 47.2 Å². The monoisotopic (exact) mass is 1670 g/mol. The largest absolute Gasteiger partial charge is 0.308 e. The van der Waals surface area contributed by atoms with E-state index in [-0.39, 0.29) is 0 Å². The SMILES string of the molecule is c1ccc(-n2c3ccccc3c3sc4cc(-c5ccccc5-c5cccc6sc7ccccc7c56)ccc4c32)cc1.c1ccc(-n2c3ccccc3c3sc4ccc(-c5ccccc5-c5ccc6c(c5)sc5ccccc56)cc4c32)cc1.c1ccc(-n2c3ccccc3c3sc4ccc(-c5ccccc5-c5cccc6c5sc5ccccc56)cc4c32)cc1. The Morgan fingerprint density at radius 3 is 0.951 bits per heavy atom. The summed E-state index contributed by atoms with van der Waals surface area (Å²) < 4.78 is 23.3. The number of rotatable bonds is 9. The fourth-order valence-electron chi connectivity index (χ4n) is 19.2. The summed E-state index contributed by atoms with van der Waals surface area (Å²) in [5.74, 6) is 0. The second-order valence-electron chi connectivity index (χ2n) is 31.5. The molecule has 9 heterocycles. The number of nitrogens with zero attached hydrogens (tertiary/aromatic N) is 3. The summed E-state index contributed by atoms with van der Waals surface area (Å²) >= 11 is 11.3. The third-order valence-electron chi connectivity index (χ3n) is 24.7. The van der Waals surface area contributed by atoms with Gasteiger partial charge >= 0.3 is 0 Å². The van der Waals surface area contributed by atoms with Gasteiger partial charge in [0.15, 0.2) is 0 Å². The summed E-state index contributed by atoms with van der Waals surface area (Å²) in [6, 6.07) is 153. The molecule has 9 heteroatoms. The van der Waals surface area contributed by atoms with E-state index in [0.29, 0.717) is 0 Å². The van der Waals surface area contributed by atoms with Crippen molar-refractivity contribution in [2.75, 3.05) is 0 Å². The molecule has 0 bridgehead atoms. The van der Waals surface area contributed by atoms with E-state index in [1.54, 1.807) is 0 Å². The third-order valence-corrected chi connectivity index (χ3v) is 31.7. The van der Waals surface area contributed by atoms with Crippen LogP contribution < -0.4 is 0 Å². The predicted molar refractivity (Wildman–Crippen MR) is 540 cm³/mol. The van der Waals surface area contributed by atoms with Crippen LogP contribution in [0, 0.1) is 0 Å². The summed E-state index contributed by atoms with van der Waals surface area (Å²) in [6.45, 7) is 0. The molecule has 0 aliphatic rings. The molecule has 0 amide bonds. The van der Waals surface area contributed by atoms with Gasteiger partial charge in [-0.3, -0.25) is 0 Å². The van der Waals surface area contributed by atoms with E-state index in [9.17, 15) is 0 Å². The van der Waals surface area contributed by atoms with Crippen LogP contribution in [0.1, 0.15) is 0 Å². The quantitative estimate of drug-likeness (QED) is 0.137. The van der Waals surface area contributed by atoms with Gasteiger partial charge in [0, 0.05) is 130 Å². The molecule has 27 rings (SSSR count). The topological polar surface area (TPSA) is 14.8 Å². The van der Waals surface area contributed by atoms with Gasteiger partial charge in [0.25, 0.3) is 0 Å². The molecule has 576 valence electrons. The molecule has 0 spiro atoms. The van der Waals surface area contributed by atoms with Crippen LogP contribution in [0.15, 0.2) is 419 Å². The number of thiophene rings is 6. The molecule has 9 aromatic heterocycles. The summed E-state index contributed by atoms with van der Waals surface area (Å²) in [6.07, 6.45) is 0. The molecule has 27 aromatic rings. The van der Waals surface area contributed by atoms with E-state index in [1.165, 1.54) is 238 Å². The second-order valence-corrected chi connectivity index (χ2v) is 37.9. The van der Waals surface area contributed by atoms with E-state index in [4.69, 9.17) is 0 Å². The molecule has 18 aromatic carbocycles. The molecule has 0 unspecified atom stereocenters. The Hall–Kier alpha value is -14.1. The van der Waals surface area contributed by atoms with Crippen molar-refractivity contribution >= 4 is 222 Å². The van der Waals surface area contributed by atoms with Gasteiger partial charge in [0.2, 0.25) is 0 Å². The average Bonchev–Trinajstić information content (AvgIpc) is 1.57. The summed E-state index contributed by atoms with van der Waals surface area (Å²) in [4.78, 5) is 0. The van der Waals surface area contributed by atoms with Crippen molar-refractivity contribution in [2.24, 2.45) is 0 Å². The van der Waals surface area contributed by atoms with E-state index in [0.717, 1.165) is 0 Å². The van der Waals surface area contributed by atoms with E-state index in [2.05, 4.69) is 432 Å². The van der Waals surface area contributed by atoms with Crippen LogP contribution >= 0.6 is 68.0 Å². The Morgan fingerprint density at radius 2 is 0.439 bits per heavy atom. The molecule has 3 nitrogen and oxygen atoms in total. The first-order valence-electron chi connectivity index (χ1n) is 41.6. The Balaban J connectivity index is 0.000000101. The van der Waals surface area contributed by atoms with Crippen molar-refractivity contribution in [3.8, 4) is 83.8 Å². The lowest BCUT2D eigenvalue weighted by atomic mass is 9.92. The first kappa shape index (κ1) is 71.8. The van der Waals surface area contributed by atoms with Crippen LogP contribution in [0.4, 0.5) is 0 Å². The lowest BCUT2D eigenvalue weighted by Crippen LogP contribution is -1.93. The van der Waals surface area contributed by atoms with E-state index >= 15 is 0 Å². The maximum Gasteiger partial charge on any atom is 0.0727 e. The van der Waals surface area contributed by atoms with Gasteiger partial charge < -0.3 is 13.7 Å². The minimum Gasteiger partial charge on any atom is -0.308 e. The Labute approximate surface area is 731 Å². The maximum absolute atomic E-state index is 2.44. The van der Waals surface area contributed by atoms with Crippen molar-refractivity contribution in [3.05, 3.63) is 419 Å². The molecule has 0 aliphatic carbocycles. The lowest BCUT2D eigenvalue weighted by Gasteiger charge is -2.12. The second kappa shape index (κ2) is 29.4. The van der Waals surface area contributed by atoms with Gasteiger partial charge in [-0.1, -0.05) is 303 Å². The van der Waals surface area contributed by atoms with Crippen LogP contribution in [0.2, 0.25) is 0 Å². The number of fused-ring (bicyclic) bond motifs is 24. The van der Waals surface area contributed by atoms with Gasteiger partial charge in [-0.2, -0.15) is 0 Å². The first-order valence-corrected chi connectivity index (χ1v) is 46.5. The minimum atomic E-state index is 1.20. The number of benzene rings is 18. The van der Waals surface area contributed by atoms with Crippen LogP contribution in [0.25, 0.3) is 238 Å². The smallest absolute Gasteiger partial charge is 0.0727 e. The Kier molecular flexibility index (Phi) is 17.1. The zero-order valence-corrected chi connectivity index (χ0v) is 71.0. The van der Waals surface area contributed by atoms with Crippen molar-refractivity contribution in [2.45, 2.75) is 0 Å². The lowest BCUT2D eigenvalue weighted by molar-refractivity contribution is 1.19. The number of hydrogen-bond donors (Lipinski definition) is 0. The zero-order chi connectivity index (χ0) is 80.7. The zero-order valence-electron chi connectivity index (χ0n) is 66.1. The molecule has 0 saturated heterocycles. The number of para-hydroxylation sites is 6.